The van der Waals surface area contributed by atoms with Gasteiger partial charge in [-0.1, -0.05) is 30.3 Å². The number of aliphatic hydroxyl groups is 1. The maximum absolute atomic E-state index is 10.1. The predicted molar refractivity (Wildman–Crippen MR) is 80.2 cm³/mol. The molecule has 3 rings (SSSR count). The van der Waals surface area contributed by atoms with Crippen LogP contribution in [0.15, 0.2) is 42.5 Å². The van der Waals surface area contributed by atoms with Gasteiger partial charge in [0.2, 0.25) is 0 Å². The van der Waals surface area contributed by atoms with E-state index in [0.29, 0.717) is 24.4 Å². The molecular weight excluding hydrogens is 266 g/mol. The van der Waals surface area contributed by atoms with Gasteiger partial charge in [0.25, 0.3) is 0 Å². The molecule has 0 saturated carbocycles. The number of anilines is 1. The summed E-state index contributed by atoms with van der Waals surface area (Å²) in [5.74, 6) is 1.43. The monoisotopic (exact) mass is 283 g/mol. The van der Waals surface area contributed by atoms with Gasteiger partial charge in [0.15, 0.2) is 11.5 Å². The van der Waals surface area contributed by atoms with Gasteiger partial charge in [-0.05, 0) is 24.6 Å². The number of nitrogens with one attached hydrogen (secondary N) is 1. The topological polar surface area (TPSA) is 75.3 Å². The number of rotatable bonds is 5. The van der Waals surface area contributed by atoms with Gasteiger partial charge in [0, 0.05) is 13.0 Å². The molecule has 0 saturated heterocycles. The second-order valence-electron chi connectivity index (χ2n) is 4.96. The third kappa shape index (κ3) is 3.17. The average molecular weight is 283 g/mol. The van der Waals surface area contributed by atoms with Crippen LogP contribution in [-0.2, 0) is 6.42 Å². The number of hydrogen-bond donors (Lipinski definition) is 2. The molecular formula is C15H17N5O. The number of aromatic nitrogens is 4. The quantitative estimate of drug-likeness (QED) is 0.741. The van der Waals surface area contributed by atoms with Gasteiger partial charge < -0.3 is 10.4 Å². The van der Waals surface area contributed by atoms with Crippen LogP contribution < -0.4 is 5.32 Å². The molecule has 3 aromatic rings. The van der Waals surface area contributed by atoms with Crippen molar-refractivity contribution in [1.29, 1.82) is 0 Å². The smallest absolute Gasteiger partial charge is 0.178 e. The highest BCUT2D eigenvalue weighted by molar-refractivity contribution is 5.43. The molecule has 21 heavy (non-hydrogen) atoms. The van der Waals surface area contributed by atoms with Crippen molar-refractivity contribution < 1.29 is 5.11 Å². The Bertz CT molecular complexity index is 725. The molecule has 0 aliphatic carbocycles. The van der Waals surface area contributed by atoms with Crippen molar-refractivity contribution in [3.8, 4) is 0 Å². The SMILES string of the molecule is Cc1nnc2ccc(NCC(O)Cc3ccccc3)nn12. The van der Waals surface area contributed by atoms with Crippen molar-refractivity contribution in [1.82, 2.24) is 19.8 Å². The molecule has 1 unspecified atom stereocenters. The Balaban J connectivity index is 1.62. The minimum atomic E-state index is -0.466. The molecule has 2 heterocycles. The van der Waals surface area contributed by atoms with E-state index in [0.717, 1.165) is 11.4 Å². The van der Waals surface area contributed by atoms with E-state index in [-0.39, 0.29) is 0 Å². The molecule has 6 nitrogen and oxygen atoms in total. The van der Waals surface area contributed by atoms with Crippen LogP contribution in [0.25, 0.3) is 5.65 Å². The number of aliphatic hydroxyl groups excluding tert-OH is 1. The van der Waals surface area contributed by atoms with Gasteiger partial charge in [-0.3, -0.25) is 0 Å². The maximum Gasteiger partial charge on any atom is 0.178 e. The fraction of sp³-hybridized carbons (Fsp3) is 0.267. The first-order valence-electron chi connectivity index (χ1n) is 6.87. The second kappa shape index (κ2) is 5.88. The van der Waals surface area contributed by atoms with Crippen molar-refractivity contribution in [3.63, 3.8) is 0 Å². The second-order valence-corrected chi connectivity index (χ2v) is 4.96. The van der Waals surface area contributed by atoms with E-state index in [1.165, 1.54) is 0 Å². The summed E-state index contributed by atoms with van der Waals surface area (Å²) in [4.78, 5) is 0. The zero-order valence-corrected chi connectivity index (χ0v) is 11.8. The van der Waals surface area contributed by atoms with Gasteiger partial charge >= 0.3 is 0 Å². The molecule has 0 aliphatic heterocycles. The largest absolute Gasteiger partial charge is 0.391 e. The summed E-state index contributed by atoms with van der Waals surface area (Å²) in [6, 6.07) is 13.6. The van der Waals surface area contributed by atoms with Crippen molar-refractivity contribution in [3.05, 3.63) is 53.9 Å². The molecule has 0 radical (unpaired) electrons. The Morgan fingerprint density at radius 2 is 1.95 bits per heavy atom. The Hall–Kier alpha value is -2.47. The number of hydrogen-bond acceptors (Lipinski definition) is 5. The molecule has 0 spiro atoms. The van der Waals surface area contributed by atoms with Crippen LogP contribution in [0.1, 0.15) is 11.4 Å². The van der Waals surface area contributed by atoms with Gasteiger partial charge in [0.05, 0.1) is 6.10 Å². The number of aryl methyl sites for hydroxylation is 1. The Morgan fingerprint density at radius 3 is 2.76 bits per heavy atom. The first kappa shape index (κ1) is 13.5. The normalized spacial score (nSPS) is 12.5. The van der Waals surface area contributed by atoms with Gasteiger partial charge in [-0.2, -0.15) is 4.52 Å². The third-order valence-electron chi connectivity index (χ3n) is 3.25. The van der Waals surface area contributed by atoms with E-state index in [4.69, 9.17) is 0 Å². The number of benzene rings is 1. The van der Waals surface area contributed by atoms with Crippen molar-refractivity contribution in [2.45, 2.75) is 19.4 Å². The van der Waals surface area contributed by atoms with Crippen LogP contribution in [0.4, 0.5) is 5.82 Å². The van der Waals surface area contributed by atoms with Crippen LogP contribution in [-0.4, -0.2) is 37.6 Å². The zero-order chi connectivity index (χ0) is 14.7. The van der Waals surface area contributed by atoms with Crippen LogP contribution >= 0.6 is 0 Å². The molecule has 108 valence electrons. The maximum atomic E-state index is 10.1. The van der Waals surface area contributed by atoms with Crippen molar-refractivity contribution in [2.24, 2.45) is 0 Å². The Kier molecular flexibility index (Phi) is 3.79. The summed E-state index contributed by atoms with van der Waals surface area (Å²) in [5, 5.41) is 25.5. The fourth-order valence-corrected chi connectivity index (χ4v) is 2.17. The third-order valence-corrected chi connectivity index (χ3v) is 3.25. The zero-order valence-electron chi connectivity index (χ0n) is 11.8. The summed E-state index contributed by atoms with van der Waals surface area (Å²) in [5.41, 5.74) is 1.83. The van der Waals surface area contributed by atoms with E-state index in [1.54, 1.807) is 4.52 Å². The van der Waals surface area contributed by atoms with E-state index in [1.807, 2.05) is 49.4 Å². The van der Waals surface area contributed by atoms with Crippen molar-refractivity contribution in [2.75, 3.05) is 11.9 Å². The predicted octanol–water partition coefficient (Wildman–Crippen LogP) is 1.45. The highest BCUT2D eigenvalue weighted by Crippen LogP contribution is 2.08. The van der Waals surface area contributed by atoms with Gasteiger partial charge in [-0.15, -0.1) is 15.3 Å². The molecule has 0 bridgehead atoms. The van der Waals surface area contributed by atoms with E-state index < -0.39 is 6.10 Å². The number of fused-ring (bicyclic) bond motifs is 1. The van der Waals surface area contributed by atoms with Gasteiger partial charge in [-0.25, -0.2) is 0 Å². The lowest BCUT2D eigenvalue weighted by Crippen LogP contribution is -2.22. The van der Waals surface area contributed by atoms with E-state index in [2.05, 4.69) is 20.6 Å². The molecule has 1 aromatic carbocycles. The van der Waals surface area contributed by atoms with Crippen LogP contribution in [0.3, 0.4) is 0 Å². The summed E-state index contributed by atoms with van der Waals surface area (Å²) in [7, 11) is 0. The molecule has 0 aliphatic rings. The summed E-state index contributed by atoms with van der Waals surface area (Å²) in [6.45, 7) is 2.29. The average Bonchev–Trinajstić information content (AvgIpc) is 2.87. The highest BCUT2D eigenvalue weighted by atomic mass is 16.3. The first-order chi connectivity index (χ1) is 10.2. The van der Waals surface area contributed by atoms with Crippen LogP contribution in [0.5, 0.6) is 0 Å². The minimum Gasteiger partial charge on any atom is -0.391 e. The Morgan fingerprint density at radius 1 is 1.14 bits per heavy atom. The van der Waals surface area contributed by atoms with E-state index in [9.17, 15) is 5.11 Å². The summed E-state index contributed by atoms with van der Waals surface area (Å²) < 4.78 is 1.67. The first-order valence-corrected chi connectivity index (χ1v) is 6.87. The molecule has 6 heteroatoms. The fourth-order valence-electron chi connectivity index (χ4n) is 2.17. The van der Waals surface area contributed by atoms with Crippen LogP contribution in [0, 0.1) is 6.92 Å². The summed E-state index contributed by atoms with van der Waals surface area (Å²) in [6.07, 6.45) is 0.147. The van der Waals surface area contributed by atoms with Crippen molar-refractivity contribution >= 4 is 11.5 Å². The lowest BCUT2D eigenvalue weighted by Gasteiger charge is -2.12. The minimum absolute atomic E-state index is 0.439. The lowest BCUT2D eigenvalue weighted by molar-refractivity contribution is 0.188. The van der Waals surface area contributed by atoms with Crippen LogP contribution in [0.2, 0.25) is 0 Å². The van der Waals surface area contributed by atoms with Gasteiger partial charge in [0.1, 0.15) is 5.82 Å². The molecule has 1 atom stereocenters. The standard InChI is InChI=1S/C15H17N5O/c1-11-17-18-15-8-7-14(19-20(11)15)16-10-13(21)9-12-5-3-2-4-6-12/h2-8,13,21H,9-10H2,1H3,(H,16,19). The Labute approximate surface area is 122 Å². The number of nitrogens with zero attached hydrogens (tertiary/aromatic N) is 4. The highest BCUT2D eigenvalue weighted by Gasteiger charge is 2.07. The molecule has 0 fully saturated rings. The van der Waals surface area contributed by atoms with E-state index >= 15 is 0 Å². The molecule has 0 amide bonds. The molecule has 2 aromatic heterocycles. The lowest BCUT2D eigenvalue weighted by atomic mass is 10.1. The molecule has 2 N–H and O–H groups in total. The summed E-state index contributed by atoms with van der Waals surface area (Å²) >= 11 is 0.